The topological polar surface area (TPSA) is 71.5 Å². The molecule has 6 nitrogen and oxygen atoms in total. The summed E-state index contributed by atoms with van der Waals surface area (Å²) in [7, 11) is 1.71. The zero-order valence-electron chi connectivity index (χ0n) is 14.6. The van der Waals surface area contributed by atoms with Crippen molar-refractivity contribution in [1.29, 1.82) is 0 Å². The van der Waals surface area contributed by atoms with Crippen molar-refractivity contribution in [2.24, 2.45) is 0 Å². The largest absolute Gasteiger partial charge is 0.458 e. The summed E-state index contributed by atoms with van der Waals surface area (Å²) >= 11 is 5.98. The second-order valence-electron chi connectivity index (χ2n) is 6.86. The molecule has 2 heterocycles. The molecule has 1 aromatic heterocycles. The van der Waals surface area contributed by atoms with Crippen molar-refractivity contribution >= 4 is 29.3 Å². The van der Waals surface area contributed by atoms with Gasteiger partial charge >= 0.3 is 5.97 Å². The van der Waals surface area contributed by atoms with Gasteiger partial charge in [-0.3, -0.25) is 4.79 Å². The maximum Gasteiger partial charge on any atom is 0.329 e. The SMILES string of the molecule is CNc1cc(C(=O)N2CCCC[C@@H]2C(=O)OC(C)(C)C)cc(Cl)n1. The summed E-state index contributed by atoms with van der Waals surface area (Å²) in [6.45, 7) is 5.99. The maximum absolute atomic E-state index is 12.9. The fraction of sp³-hybridized carbons (Fsp3) is 0.588. The molecule has 1 aliphatic heterocycles. The van der Waals surface area contributed by atoms with Gasteiger partial charge in [0.2, 0.25) is 0 Å². The van der Waals surface area contributed by atoms with Crippen LogP contribution >= 0.6 is 11.6 Å². The first-order chi connectivity index (χ1) is 11.2. The number of hydrogen-bond acceptors (Lipinski definition) is 5. The molecule has 0 unspecified atom stereocenters. The van der Waals surface area contributed by atoms with E-state index in [2.05, 4.69) is 10.3 Å². The number of carbonyl (C=O) groups excluding carboxylic acids is 2. The summed E-state index contributed by atoms with van der Waals surface area (Å²) in [6.07, 6.45) is 2.37. The molecule has 132 valence electrons. The van der Waals surface area contributed by atoms with E-state index >= 15 is 0 Å². The maximum atomic E-state index is 12.9. The molecule has 0 bridgehead atoms. The summed E-state index contributed by atoms with van der Waals surface area (Å²) in [4.78, 5) is 31.0. The van der Waals surface area contributed by atoms with Crippen LogP contribution in [0.25, 0.3) is 0 Å². The van der Waals surface area contributed by atoms with Crippen molar-refractivity contribution in [1.82, 2.24) is 9.88 Å². The third-order valence-corrected chi connectivity index (χ3v) is 3.93. The number of hydrogen-bond donors (Lipinski definition) is 1. The molecule has 1 N–H and O–H groups in total. The smallest absolute Gasteiger partial charge is 0.329 e. The Morgan fingerprint density at radius 3 is 2.67 bits per heavy atom. The van der Waals surface area contributed by atoms with Gasteiger partial charge in [-0.1, -0.05) is 11.6 Å². The molecular weight excluding hydrogens is 330 g/mol. The zero-order chi connectivity index (χ0) is 17.9. The molecule has 0 aromatic carbocycles. The summed E-state index contributed by atoms with van der Waals surface area (Å²) in [5, 5.41) is 3.11. The molecule has 1 atom stereocenters. The summed E-state index contributed by atoms with van der Waals surface area (Å²) in [6, 6.07) is 2.59. The standard InChI is InChI=1S/C17H24ClN3O3/c1-17(2,3)24-16(23)12-7-5-6-8-21(12)15(22)11-9-13(18)20-14(10-11)19-4/h9-10,12H,5-8H2,1-4H3,(H,19,20)/t12-/m1/s1. The van der Waals surface area contributed by atoms with Gasteiger partial charge in [-0.05, 0) is 52.2 Å². The van der Waals surface area contributed by atoms with Gasteiger partial charge in [0.1, 0.15) is 22.6 Å². The van der Waals surface area contributed by atoms with Gasteiger partial charge < -0.3 is 15.0 Å². The Morgan fingerprint density at radius 2 is 2.04 bits per heavy atom. The van der Waals surface area contributed by atoms with Gasteiger partial charge in [-0.15, -0.1) is 0 Å². The lowest BCUT2D eigenvalue weighted by Gasteiger charge is -2.35. The molecule has 1 fully saturated rings. The number of carbonyl (C=O) groups is 2. The fourth-order valence-electron chi connectivity index (χ4n) is 2.70. The fourth-order valence-corrected chi connectivity index (χ4v) is 2.91. The number of anilines is 1. The van der Waals surface area contributed by atoms with Gasteiger partial charge in [-0.25, -0.2) is 9.78 Å². The van der Waals surface area contributed by atoms with Crippen molar-refractivity contribution in [3.8, 4) is 0 Å². The number of aromatic nitrogens is 1. The number of nitrogens with one attached hydrogen (secondary N) is 1. The molecule has 1 aliphatic rings. The van der Waals surface area contributed by atoms with E-state index in [-0.39, 0.29) is 17.0 Å². The second kappa shape index (κ2) is 7.38. The van der Waals surface area contributed by atoms with E-state index in [9.17, 15) is 9.59 Å². The minimum Gasteiger partial charge on any atom is -0.458 e. The van der Waals surface area contributed by atoms with Crippen LogP contribution in [0.4, 0.5) is 5.82 Å². The number of piperidine rings is 1. The van der Waals surface area contributed by atoms with E-state index < -0.39 is 11.6 Å². The van der Waals surface area contributed by atoms with Crippen LogP contribution in [0.5, 0.6) is 0 Å². The van der Waals surface area contributed by atoms with Crippen LogP contribution in [0.2, 0.25) is 5.15 Å². The lowest BCUT2D eigenvalue weighted by molar-refractivity contribution is -0.161. The first-order valence-electron chi connectivity index (χ1n) is 8.10. The van der Waals surface area contributed by atoms with Gasteiger partial charge in [-0.2, -0.15) is 0 Å². The minimum absolute atomic E-state index is 0.230. The Hall–Kier alpha value is -1.82. The Kier molecular flexibility index (Phi) is 5.70. The quantitative estimate of drug-likeness (QED) is 0.667. The van der Waals surface area contributed by atoms with E-state index in [0.29, 0.717) is 24.3 Å². The molecule has 0 aliphatic carbocycles. The number of halogens is 1. The van der Waals surface area contributed by atoms with Crippen LogP contribution in [0.15, 0.2) is 12.1 Å². The molecule has 0 saturated carbocycles. The molecule has 0 spiro atoms. The summed E-state index contributed by atoms with van der Waals surface area (Å²) in [5.41, 5.74) is -0.169. The predicted molar refractivity (Wildman–Crippen MR) is 93.3 cm³/mol. The van der Waals surface area contributed by atoms with Crippen molar-refractivity contribution < 1.29 is 14.3 Å². The Morgan fingerprint density at radius 1 is 1.33 bits per heavy atom. The third kappa shape index (κ3) is 4.60. The molecule has 2 rings (SSSR count). The van der Waals surface area contributed by atoms with Crippen LogP contribution in [-0.4, -0.2) is 47.0 Å². The highest BCUT2D eigenvalue weighted by atomic mass is 35.5. The lowest BCUT2D eigenvalue weighted by Crippen LogP contribution is -2.50. The Balaban J connectivity index is 2.25. The number of amides is 1. The van der Waals surface area contributed by atoms with Crippen LogP contribution in [-0.2, 0) is 9.53 Å². The Labute approximate surface area is 147 Å². The minimum atomic E-state index is -0.581. The molecular formula is C17H24ClN3O3. The van der Waals surface area contributed by atoms with E-state index in [1.165, 1.54) is 6.07 Å². The van der Waals surface area contributed by atoms with Crippen LogP contribution in [0, 0.1) is 0 Å². The van der Waals surface area contributed by atoms with Gasteiger partial charge in [0.25, 0.3) is 5.91 Å². The summed E-state index contributed by atoms with van der Waals surface area (Å²) in [5.74, 6) is -0.0763. The average Bonchev–Trinajstić information content (AvgIpc) is 2.51. The first-order valence-corrected chi connectivity index (χ1v) is 8.48. The molecule has 1 saturated heterocycles. The first kappa shape index (κ1) is 18.5. The highest BCUT2D eigenvalue weighted by Crippen LogP contribution is 2.24. The lowest BCUT2D eigenvalue weighted by atomic mass is 10.0. The van der Waals surface area contributed by atoms with Gasteiger partial charge in [0.15, 0.2) is 0 Å². The third-order valence-electron chi connectivity index (χ3n) is 3.74. The van der Waals surface area contributed by atoms with E-state index in [4.69, 9.17) is 16.3 Å². The van der Waals surface area contributed by atoms with Crippen LogP contribution in [0.1, 0.15) is 50.4 Å². The molecule has 7 heteroatoms. The van der Waals surface area contributed by atoms with Gasteiger partial charge in [0, 0.05) is 19.2 Å². The van der Waals surface area contributed by atoms with Crippen LogP contribution in [0.3, 0.4) is 0 Å². The van der Waals surface area contributed by atoms with E-state index in [1.54, 1.807) is 18.0 Å². The van der Waals surface area contributed by atoms with Gasteiger partial charge in [0.05, 0.1) is 0 Å². The van der Waals surface area contributed by atoms with E-state index in [0.717, 1.165) is 12.8 Å². The highest BCUT2D eigenvalue weighted by Gasteiger charge is 2.35. The molecule has 24 heavy (non-hydrogen) atoms. The average molecular weight is 354 g/mol. The number of likely N-dealkylation sites (tertiary alicyclic amines) is 1. The van der Waals surface area contributed by atoms with Crippen molar-refractivity contribution in [2.75, 3.05) is 18.9 Å². The Bertz CT molecular complexity index is 628. The van der Waals surface area contributed by atoms with Crippen LogP contribution < -0.4 is 5.32 Å². The number of nitrogens with zero attached hydrogens (tertiary/aromatic N) is 2. The van der Waals surface area contributed by atoms with Crippen molar-refractivity contribution in [2.45, 2.75) is 51.7 Å². The zero-order valence-corrected chi connectivity index (χ0v) is 15.3. The van der Waals surface area contributed by atoms with Crippen molar-refractivity contribution in [3.63, 3.8) is 0 Å². The number of ether oxygens (including phenoxy) is 1. The van der Waals surface area contributed by atoms with Crippen molar-refractivity contribution in [3.05, 3.63) is 22.8 Å². The molecule has 1 aromatic rings. The molecule has 1 amide bonds. The molecule has 0 radical (unpaired) electrons. The number of rotatable bonds is 3. The highest BCUT2D eigenvalue weighted by molar-refractivity contribution is 6.29. The monoisotopic (exact) mass is 353 g/mol. The summed E-state index contributed by atoms with van der Waals surface area (Å²) < 4.78 is 5.48. The van der Waals surface area contributed by atoms with E-state index in [1.807, 2.05) is 20.8 Å². The normalized spacial score (nSPS) is 18.2. The number of esters is 1. The number of pyridine rings is 1. The second-order valence-corrected chi connectivity index (χ2v) is 7.24. The predicted octanol–water partition coefficient (Wildman–Crippen LogP) is 3.11.